The second kappa shape index (κ2) is 9.21. The number of nitrogens with one attached hydrogen (secondary N) is 2. The van der Waals surface area contributed by atoms with Gasteiger partial charge in [-0.1, -0.05) is 48.6 Å². The quantitative estimate of drug-likeness (QED) is 0.572. The van der Waals surface area contributed by atoms with Gasteiger partial charge in [0.25, 0.3) is 5.91 Å². The number of amides is 2. The van der Waals surface area contributed by atoms with Crippen LogP contribution in [0, 0.1) is 30.6 Å². The van der Waals surface area contributed by atoms with Gasteiger partial charge in [-0.15, -0.1) is 0 Å². The number of hydrogen-bond acceptors (Lipinski definition) is 4. The predicted molar refractivity (Wildman–Crippen MR) is 124 cm³/mol. The van der Waals surface area contributed by atoms with Crippen LogP contribution in [0.15, 0.2) is 54.7 Å². The lowest BCUT2D eigenvalue weighted by Gasteiger charge is -2.10. The topological polar surface area (TPSA) is 84.0 Å². The Balaban J connectivity index is 1.47. The smallest absolute Gasteiger partial charge is 0.277 e. The highest BCUT2D eigenvalue weighted by Crippen LogP contribution is 2.38. The molecule has 0 aliphatic heterocycles. The second-order valence-corrected chi connectivity index (χ2v) is 8.20. The number of aromatic nitrogens is 2. The number of carbonyl (C=O) groups excluding carboxylic acids is 2. The maximum Gasteiger partial charge on any atom is 0.277 e. The lowest BCUT2D eigenvalue weighted by molar-refractivity contribution is -0.117. The molecule has 0 saturated heterocycles. The summed E-state index contributed by atoms with van der Waals surface area (Å²) in [6.07, 6.45) is 2.46. The Morgan fingerprint density at radius 3 is 2.47 bits per heavy atom. The van der Waals surface area contributed by atoms with Crippen LogP contribution in [0.3, 0.4) is 0 Å². The summed E-state index contributed by atoms with van der Waals surface area (Å²) < 4.78 is 0. The summed E-state index contributed by atoms with van der Waals surface area (Å²) in [5.74, 6) is 6.60. The first-order valence-corrected chi connectivity index (χ1v) is 10.6. The van der Waals surface area contributed by atoms with Gasteiger partial charge in [-0.3, -0.25) is 9.59 Å². The summed E-state index contributed by atoms with van der Waals surface area (Å²) >= 11 is 6.18. The second-order valence-electron chi connectivity index (χ2n) is 7.80. The summed E-state index contributed by atoms with van der Waals surface area (Å²) in [5.41, 5.74) is 2.41. The van der Waals surface area contributed by atoms with Crippen LogP contribution in [0.5, 0.6) is 0 Å². The van der Waals surface area contributed by atoms with Crippen molar-refractivity contribution in [2.75, 3.05) is 10.6 Å². The van der Waals surface area contributed by atoms with E-state index in [0.29, 0.717) is 17.6 Å². The number of hydrogen-bond donors (Lipinski definition) is 2. The largest absolute Gasteiger partial charge is 0.310 e. The molecule has 2 amide bonds. The fourth-order valence-corrected chi connectivity index (χ4v) is 3.37. The molecule has 1 fully saturated rings. The average molecular weight is 445 g/mol. The van der Waals surface area contributed by atoms with Crippen molar-refractivity contribution in [2.45, 2.75) is 20.3 Å². The molecule has 6 nitrogen and oxygen atoms in total. The highest BCUT2D eigenvalue weighted by atomic mass is 35.5. The third-order valence-electron chi connectivity index (χ3n) is 5.19. The highest BCUT2D eigenvalue weighted by molar-refractivity contribution is 6.34. The third-order valence-corrected chi connectivity index (χ3v) is 5.50. The maximum absolute atomic E-state index is 12.8. The van der Waals surface area contributed by atoms with Crippen molar-refractivity contribution in [3.63, 3.8) is 0 Å². The zero-order chi connectivity index (χ0) is 22.7. The lowest BCUT2D eigenvalue weighted by Crippen LogP contribution is -2.19. The summed E-state index contributed by atoms with van der Waals surface area (Å²) in [5, 5.41) is 5.66. The van der Waals surface area contributed by atoms with Gasteiger partial charge in [-0.05, 0) is 55.2 Å². The number of pyridine rings is 2. The van der Waals surface area contributed by atoms with E-state index in [1.54, 1.807) is 12.3 Å². The molecule has 32 heavy (non-hydrogen) atoms. The first-order chi connectivity index (χ1) is 15.4. The van der Waals surface area contributed by atoms with Gasteiger partial charge < -0.3 is 10.6 Å². The van der Waals surface area contributed by atoms with E-state index in [2.05, 4.69) is 32.4 Å². The van der Waals surface area contributed by atoms with Crippen LogP contribution in [0.4, 0.5) is 11.6 Å². The van der Waals surface area contributed by atoms with Crippen molar-refractivity contribution < 1.29 is 9.59 Å². The van der Waals surface area contributed by atoms with Crippen LogP contribution >= 0.6 is 11.6 Å². The van der Waals surface area contributed by atoms with E-state index in [-0.39, 0.29) is 22.5 Å². The molecule has 2 atom stereocenters. The van der Waals surface area contributed by atoms with Crippen molar-refractivity contribution >= 4 is 35.1 Å². The number of aryl methyl sites for hydroxylation is 1. The minimum absolute atomic E-state index is 0.000101. The van der Waals surface area contributed by atoms with E-state index in [1.165, 1.54) is 6.07 Å². The van der Waals surface area contributed by atoms with Gasteiger partial charge in [0.2, 0.25) is 5.91 Å². The first kappa shape index (κ1) is 21.5. The van der Waals surface area contributed by atoms with Gasteiger partial charge in [-0.2, -0.15) is 0 Å². The summed E-state index contributed by atoms with van der Waals surface area (Å²) in [6.45, 7) is 3.85. The Labute approximate surface area is 191 Å². The molecule has 2 aromatic heterocycles. The average Bonchev–Trinajstić information content (AvgIpc) is 3.52. The van der Waals surface area contributed by atoms with Crippen molar-refractivity contribution in [3.05, 3.63) is 82.1 Å². The molecule has 1 aliphatic carbocycles. The molecule has 3 aromatic rings. The monoisotopic (exact) mass is 444 g/mol. The normalized spacial score (nSPS) is 16.5. The van der Waals surface area contributed by atoms with E-state index < -0.39 is 5.91 Å². The van der Waals surface area contributed by atoms with E-state index in [9.17, 15) is 9.59 Å². The molecule has 2 N–H and O–H groups in total. The van der Waals surface area contributed by atoms with Crippen molar-refractivity contribution in [2.24, 2.45) is 11.8 Å². The Kier molecular flexibility index (Phi) is 6.20. The standard InChI is InChI=1S/C25H21ClN4O2/c1-15-13-19(15)24(31)29-21-11-10-20(26)22(28-21)25(32)30-23-16(2)12-18(14-27-23)9-8-17-6-4-3-5-7-17/h3-7,10-12,14-15,19H,13H2,1-2H3,(H,27,30,32)(H,28,29,31). The van der Waals surface area contributed by atoms with Crippen LogP contribution in [-0.4, -0.2) is 21.8 Å². The summed E-state index contributed by atoms with van der Waals surface area (Å²) in [4.78, 5) is 33.5. The van der Waals surface area contributed by atoms with Gasteiger partial charge in [-0.25, -0.2) is 9.97 Å². The van der Waals surface area contributed by atoms with Crippen LogP contribution in [0.1, 0.15) is 40.5 Å². The van der Waals surface area contributed by atoms with E-state index in [0.717, 1.165) is 23.1 Å². The summed E-state index contributed by atoms with van der Waals surface area (Å²) in [7, 11) is 0. The molecule has 0 spiro atoms. The zero-order valence-corrected chi connectivity index (χ0v) is 18.4. The molecule has 2 unspecified atom stereocenters. The Hall–Kier alpha value is -3.69. The summed E-state index contributed by atoms with van der Waals surface area (Å²) in [6, 6.07) is 14.6. The molecule has 1 saturated carbocycles. The minimum atomic E-state index is -0.510. The SMILES string of the molecule is Cc1cc(C#Cc2ccccc2)cnc1NC(=O)c1nc(NC(=O)C2CC2C)ccc1Cl. The van der Waals surface area contributed by atoms with Crippen molar-refractivity contribution in [1.82, 2.24) is 9.97 Å². The molecule has 2 heterocycles. The fraction of sp³-hybridized carbons (Fsp3) is 0.200. The molecule has 1 aromatic carbocycles. The van der Waals surface area contributed by atoms with Crippen molar-refractivity contribution in [3.8, 4) is 11.8 Å². The Morgan fingerprint density at radius 1 is 1.06 bits per heavy atom. The molecular weight excluding hydrogens is 424 g/mol. The number of benzene rings is 1. The van der Waals surface area contributed by atoms with Gasteiger partial charge in [0.15, 0.2) is 0 Å². The van der Waals surface area contributed by atoms with Crippen LogP contribution in [0.25, 0.3) is 0 Å². The van der Waals surface area contributed by atoms with Gasteiger partial charge >= 0.3 is 0 Å². The van der Waals surface area contributed by atoms with Gasteiger partial charge in [0.1, 0.15) is 17.3 Å². The first-order valence-electron chi connectivity index (χ1n) is 10.2. The van der Waals surface area contributed by atoms with E-state index in [4.69, 9.17) is 11.6 Å². The number of carbonyl (C=O) groups is 2. The fourth-order valence-electron chi connectivity index (χ4n) is 3.18. The predicted octanol–water partition coefficient (Wildman–Crippen LogP) is 4.69. The molecule has 0 radical (unpaired) electrons. The van der Waals surface area contributed by atoms with Crippen molar-refractivity contribution in [1.29, 1.82) is 0 Å². The number of anilines is 2. The van der Waals surface area contributed by atoms with Crippen LogP contribution in [0.2, 0.25) is 5.02 Å². The maximum atomic E-state index is 12.8. The molecule has 4 rings (SSSR count). The molecule has 0 bridgehead atoms. The van der Waals surface area contributed by atoms with Gasteiger partial charge in [0.05, 0.1) is 5.02 Å². The molecule has 7 heteroatoms. The minimum Gasteiger partial charge on any atom is -0.310 e. The lowest BCUT2D eigenvalue weighted by atomic mass is 10.1. The number of nitrogens with zero attached hydrogens (tertiary/aromatic N) is 2. The van der Waals surface area contributed by atoms with Crippen LogP contribution in [-0.2, 0) is 4.79 Å². The zero-order valence-electron chi connectivity index (χ0n) is 17.6. The van der Waals surface area contributed by atoms with Crippen LogP contribution < -0.4 is 10.6 Å². The number of rotatable bonds is 4. The van der Waals surface area contributed by atoms with Gasteiger partial charge in [0, 0.05) is 23.2 Å². The highest BCUT2D eigenvalue weighted by Gasteiger charge is 2.39. The molecular formula is C25H21ClN4O2. The Morgan fingerprint density at radius 2 is 1.78 bits per heavy atom. The Bertz CT molecular complexity index is 1250. The number of halogens is 1. The van der Waals surface area contributed by atoms with E-state index >= 15 is 0 Å². The third kappa shape index (κ3) is 5.13. The molecule has 160 valence electrons. The van der Waals surface area contributed by atoms with E-state index in [1.807, 2.05) is 50.2 Å². The molecule has 1 aliphatic rings.